The summed E-state index contributed by atoms with van der Waals surface area (Å²) in [5.41, 5.74) is 0.818. The molecule has 2 saturated heterocycles. The van der Waals surface area contributed by atoms with Gasteiger partial charge in [0, 0.05) is 48.3 Å². The fraction of sp³-hybridized carbons (Fsp3) is 0.450. The van der Waals surface area contributed by atoms with E-state index in [4.69, 9.17) is 4.74 Å². The standard InChI is InChI=1S/C20H25N7O3.2H2/c1-15-18(19(28)23-16-4-2-3-5-21-16)24-17(14-22-15)25-6-8-26(9-7-25)20(29)27-10-12-30-13-11-27;;/h2-5,14H,6-13H2,1H3,(H,21,23,28);2*1H. The van der Waals surface area contributed by atoms with Gasteiger partial charge in [0.2, 0.25) is 0 Å². The van der Waals surface area contributed by atoms with E-state index in [9.17, 15) is 9.59 Å². The van der Waals surface area contributed by atoms with Crippen molar-refractivity contribution in [3.63, 3.8) is 0 Å². The van der Waals surface area contributed by atoms with E-state index in [-0.39, 0.29) is 20.5 Å². The summed E-state index contributed by atoms with van der Waals surface area (Å²) in [5.74, 6) is 0.747. The third-order valence-corrected chi connectivity index (χ3v) is 5.22. The fourth-order valence-electron chi connectivity index (χ4n) is 3.50. The van der Waals surface area contributed by atoms with Crippen molar-refractivity contribution in [1.82, 2.24) is 24.8 Å². The summed E-state index contributed by atoms with van der Waals surface area (Å²) in [6, 6.07) is 5.36. The normalized spacial score (nSPS) is 17.0. The van der Waals surface area contributed by atoms with Gasteiger partial charge in [-0.2, -0.15) is 0 Å². The smallest absolute Gasteiger partial charge is 0.320 e. The third kappa shape index (κ3) is 4.48. The summed E-state index contributed by atoms with van der Waals surface area (Å²) in [6.45, 7) is 6.67. The van der Waals surface area contributed by atoms with E-state index in [0.29, 0.717) is 69.8 Å². The molecule has 0 bridgehead atoms. The van der Waals surface area contributed by atoms with Gasteiger partial charge in [-0.15, -0.1) is 0 Å². The molecule has 4 rings (SSSR count). The SMILES string of the molecule is Cc1ncc(N2CCN(C(=O)N3CCOCC3)CC2)nc1C(=O)Nc1ccccn1.[HH].[HH]. The number of morpholine rings is 1. The van der Waals surface area contributed by atoms with Crippen LogP contribution in [0.15, 0.2) is 30.6 Å². The number of piperazine rings is 1. The molecule has 2 fully saturated rings. The minimum atomic E-state index is -0.346. The van der Waals surface area contributed by atoms with Crippen molar-refractivity contribution in [2.45, 2.75) is 6.92 Å². The van der Waals surface area contributed by atoms with Gasteiger partial charge in [-0.3, -0.25) is 9.78 Å². The Bertz CT molecular complexity index is 905. The minimum Gasteiger partial charge on any atom is -0.378 e. The molecule has 162 valence electrons. The van der Waals surface area contributed by atoms with Gasteiger partial charge in [-0.25, -0.2) is 14.8 Å². The summed E-state index contributed by atoms with van der Waals surface area (Å²) >= 11 is 0. The average Bonchev–Trinajstić information content (AvgIpc) is 2.80. The van der Waals surface area contributed by atoms with Crippen molar-refractivity contribution in [2.75, 3.05) is 62.7 Å². The molecule has 3 amide bonds. The summed E-state index contributed by atoms with van der Waals surface area (Å²) in [6.07, 6.45) is 3.29. The number of aryl methyl sites for hydroxylation is 1. The Balaban J connectivity index is 0.00000181. The molecule has 10 nitrogen and oxygen atoms in total. The van der Waals surface area contributed by atoms with Gasteiger partial charge in [0.1, 0.15) is 11.6 Å². The van der Waals surface area contributed by atoms with Crippen molar-refractivity contribution in [3.05, 3.63) is 42.0 Å². The Hall–Kier alpha value is -3.27. The van der Waals surface area contributed by atoms with Crippen LogP contribution in [0.4, 0.5) is 16.4 Å². The second kappa shape index (κ2) is 9.04. The molecule has 1 N–H and O–H groups in total. The number of nitrogens with zero attached hydrogens (tertiary/aromatic N) is 6. The van der Waals surface area contributed by atoms with Gasteiger partial charge in [0.25, 0.3) is 5.91 Å². The fourth-order valence-corrected chi connectivity index (χ4v) is 3.50. The molecule has 4 heterocycles. The quantitative estimate of drug-likeness (QED) is 0.810. The van der Waals surface area contributed by atoms with Crippen molar-refractivity contribution in [3.8, 4) is 0 Å². The number of urea groups is 1. The Morgan fingerprint density at radius 3 is 2.47 bits per heavy atom. The van der Waals surface area contributed by atoms with E-state index < -0.39 is 0 Å². The minimum absolute atomic E-state index is 0. The van der Waals surface area contributed by atoms with Crippen LogP contribution in [0.1, 0.15) is 19.0 Å². The number of carbonyl (C=O) groups is 2. The lowest BCUT2D eigenvalue weighted by Crippen LogP contribution is -2.55. The number of anilines is 2. The first-order chi connectivity index (χ1) is 14.6. The topological polar surface area (TPSA) is 104 Å². The highest BCUT2D eigenvalue weighted by Crippen LogP contribution is 2.17. The number of aromatic nitrogens is 3. The molecule has 0 aliphatic carbocycles. The molecular formula is C20H29N7O3. The average molecular weight is 415 g/mol. The number of amides is 3. The molecule has 0 radical (unpaired) electrons. The van der Waals surface area contributed by atoms with Crippen LogP contribution < -0.4 is 10.2 Å². The van der Waals surface area contributed by atoms with Crippen LogP contribution in [-0.4, -0.2) is 89.2 Å². The second-order valence-electron chi connectivity index (χ2n) is 7.19. The summed E-state index contributed by atoms with van der Waals surface area (Å²) in [7, 11) is 0. The Morgan fingerprint density at radius 1 is 1.03 bits per heavy atom. The number of rotatable bonds is 3. The van der Waals surface area contributed by atoms with Crippen LogP contribution in [0.25, 0.3) is 0 Å². The third-order valence-electron chi connectivity index (χ3n) is 5.22. The molecule has 0 spiro atoms. The van der Waals surface area contributed by atoms with Crippen LogP contribution >= 0.6 is 0 Å². The summed E-state index contributed by atoms with van der Waals surface area (Å²) in [5, 5.41) is 2.75. The first kappa shape index (κ1) is 20.0. The highest BCUT2D eigenvalue weighted by atomic mass is 16.5. The van der Waals surface area contributed by atoms with E-state index >= 15 is 0 Å². The Kier molecular flexibility index (Phi) is 6.03. The van der Waals surface area contributed by atoms with Gasteiger partial charge in [0.15, 0.2) is 5.69 Å². The molecule has 2 aliphatic rings. The maximum absolute atomic E-state index is 12.6. The second-order valence-corrected chi connectivity index (χ2v) is 7.19. The van der Waals surface area contributed by atoms with Gasteiger partial charge in [-0.1, -0.05) is 6.07 Å². The number of pyridine rings is 1. The molecule has 0 aromatic carbocycles. The van der Waals surface area contributed by atoms with Crippen molar-refractivity contribution < 1.29 is 17.2 Å². The Labute approximate surface area is 177 Å². The molecule has 0 saturated carbocycles. The van der Waals surface area contributed by atoms with Gasteiger partial charge < -0.3 is 24.8 Å². The maximum Gasteiger partial charge on any atom is 0.320 e. The van der Waals surface area contributed by atoms with E-state index in [1.54, 1.807) is 37.5 Å². The van der Waals surface area contributed by atoms with Crippen molar-refractivity contribution in [2.24, 2.45) is 0 Å². The van der Waals surface area contributed by atoms with Gasteiger partial charge in [0.05, 0.1) is 25.1 Å². The predicted octanol–water partition coefficient (Wildman–Crippen LogP) is 1.50. The zero-order valence-corrected chi connectivity index (χ0v) is 17.0. The lowest BCUT2D eigenvalue weighted by Gasteiger charge is -2.38. The predicted molar refractivity (Wildman–Crippen MR) is 115 cm³/mol. The lowest BCUT2D eigenvalue weighted by atomic mass is 10.2. The molecule has 10 heteroatoms. The van der Waals surface area contributed by atoms with E-state index in [1.165, 1.54) is 0 Å². The van der Waals surface area contributed by atoms with Gasteiger partial charge in [-0.05, 0) is 19.1 Å². The highest BCUT2D eigenvalue weighted by molar-refractivity contribution is 6.03. The number of carbonyl (C=O) groups excluding carboxylic acids is 2. The van der Waals surface area contributed by atoms with Crippen LogP contribution in [0.3, 0.4) is 0 Å². The largest absolute Gasteiger partial charge is 0.378 e. The number of nitrogens with one attached hydrogen (secondary N) is 1. The number of hydrogen-bond donors (Lipinski definition) is 1. The highest BCUT2D eigenvalue weighted by Gasteiger charge is 2.27. The monoisotopic (exact) mass is 415 g/mol. The number of ether oxygens (including phenoxy) is 1. The van der Waals surface area contributed by atoms with E-state index in [0.717, 1.165) is 0 Å². The van der Waals surface area contributed by atoms with Crippen molar-refractivity contribution >= 4 is 23.6 Å². The van der Waals surface area contributed by atoms with Crippen LogP contribution in [0.2, 0.25) is 0 Å². The molecule has 2 aromatic rings. The zero-order chi connectivity index (χ0) is 20.9. The van der Waals surface area contributed by atoms with Crippen LogP contribution in [0, 0.1) is 6.92 Å². The Morgan fingerprint density at radius 2 is 1.77 bits per heavy atom. The van der Waals surface area contributed by atoms with Crippen molar-refractivity contribution in [1.29, 1.82) is 0 Å². The maximum atomic E-state index is 12.6. The van der Waals surface area contributed by atoms with Gasteiger partial charge >= 0.3 is 6.03 Å². The molecule has 2 aromatic heterocycles. The summed E-state index contributed by atoms with van der Waals surface area (Å²) in [4.78, 5) is 44.1. The first-order valence-electron chi connectivity index (χ1n) is 10.0. The number of hydrogen-bond acceptors (Lipinski definition) is 7. The zero-order valence-electron chi connectivity index (χ0n) is 17.0. The van der Waals surface area contributed by atoms with Crippen LogP contribution in [-0.2, 0) is 4.74 Å². The molecule has 0 unspecified atom stereocenters. The molecular weight excluding hydrogens is 386 g/mol. The molecule has 0 atom stereocenters. The lowest BCUT2D eigenvalue weighted by molar-refractivity contribution is 0.0428. The van der Waals surface area contributed by atoms with E-state index in [2.05, 4.69) is 20.3 Å². The van der Waals surface area contributed by atoms with Crippen LogP contribution in [0.5, 0.6) is 0 Å². The molecule has 2 aliphatic heterocycles. The van der Waals surface area contributed by atoms with E-state index in [1.807, 2.05) is 14.7 Å². The molecule has 30 heavy (non-hydrogen) atoms. The first-order valence-corrected chi connectivity index (χ1v) is 10.0. The summed E-state index contributed by atoms with van der Waals surface area (Å²) < 4.78 is 5.32.